The van der Waals surface area contributed by atoms with Crippen molar-refractivity contribution in [2.45, 2.75) is 52.1 Å². The van der Waals surface area contributed by atoms with Crippen LogP contribution in [0.4, 0.5) is 5.82 Å². The molecule has 2 heterocycles. The number of carbonyl (C=O) groups is 1. The van der Waals surface area contributed by atoms with E-state index in [2.05, 4.69) is 32.7 Å². The largest absolute Gasteiger partial charge is 0.367 e. The molecule has 2 aromatic rings. The highest BCUT2D eigenvalue weighted by Crippen LogP contribution is 2.33. The number of nitrogens with zero attached hydrogens (tertiary/aromatic N) is 3. The van der Waals surface area contributed by atoms with Crippen molar-refractivity contribution in [3.05, 3.63) is 35.6 Å². The van der Waals surface area contributed by atoms with Crippen molar-refractivity contribution in [3.63, 3.8) is 0 Å². The first-order valence-corrected chi connectivity index (χ1v) is 8.36. The van der Waals surface area contributed by atoms with Crippen molar-refractivity contribution >= 4 is 11.7 Å². The SMILES string of the molecule is CC(C)c1nc(CNC(=O)c2ccc(N[C@H](C)C3CC3)nc2)no1. The molecule has 1 saturated carbocycles. The molecular formula is C17H23N5O2. The summed E-state index contributed by atoms with van der Waals surface area (Å²) in [6.45, 7) is 6.34. The summed E-state index contributed by atoms with van der Waals surface area (Å²) in [4.78, 5) is 20.7. The van der Waals surface area contributed by atoms with Gasteiger partial charge in [0.1, 0.15) is 5.82 Å². The molecule has 0 saturated heterocycles. The highest BCUT2D eigenvalue weighted by Gasteiger charge is 2.27. The Bertz CT molecular complexity index is 691. The molecular weight excluding hydrogens is 306 g/mol. The van der Waals surface area contributed by atoms with Gasteiger partial charge in [0, 0.05) is 18.2 Å². The van der Waals surface area contributed by atoms with Crippen LogP contribution in [0.3, 0.4) is 0 Å². The molecule has 0 aromatic carbocycles. The van der Waals surface area contributed by atoms with Crippen LogP contribution >= 0.6 is 0 Å². The van der Waals surface area contributed by atoms with Crippen molar-refractivity contribution in [3.8, 4) is 0 Å². The molecule has 7 heteroatoms. The highest BCUT2D eigenvalue weighted by atomic mass is 16.5. The normalized spacial score (nSPS) is 15.3. The third-order valence-corrected chi connectivity index (χ3v) is 4.12. The van der Waals surface area contributed by atoms with Crippen molar-refractivity contribution in [2.24, 2.45) is 5.92 Å². The lowest BCUT2D eigenvalue weighted by atomic mass is 10.2. The van der Waals surface area contributed by atoms with E-state index in [9.17, 15) is 4.79 Å². The number of hydrogen-bond acceptors (Lipinski definition) is 6. The zero-order valence-corrected chi connectivity index (χ0v) is 14.2. The lowest BCUT2D eigenvalue weighted by Crippen LogP contribution is -2.24. The smallest absolute Gasteiger partial charge is 0.253 e. The molecule has 0 aliphatic heterocycles. The summed E-state index contributed by atoms with van der Waals surface area (Å²) in [7, 11) is 0. The van der Waals surface area contributed by atoms with Gasteiger partial charge in [-0.1, -0.05) is 19.0 Å². The maximum Gasteiger partial charge on any atom is 0.253 e. The van der Waals surface area contributed by atoms with E-state index in [1.54, 1.807) is 12.3 Å². The van der Waals surface area contributed by atoms with Crippen LogP contribution in [-0.2, 0) is 6.54 Å². The van der Waals surface area contributed by atoms with E-state index in [4.69, 9.17) is 4.52 Å². The van der Waals surface area contributed by atoms with Gasteiger partial charge < -0.3 is 15.2 Å². The fourth-order valence-corrected chi connectivity index (χ4v) is 2.40. The molecule has 2 N–H and O–H groups in total. The molecule has 24 heavy (non-hydrogen) atoms. The topological polar surface area (TPSA) is 92.9 Å². The van der Waals surface area contributed by atoms with Crippen LogP contribution in [0.15, 0.2) is 22.9 Å². The van der Waals surface area contributed by atoms with Crippen molar-refractivity contribution < 1.29 is 9.32 Å². The summed E-state index contributed by atoms with van der Waals surface area (Å²) < 4.78 is 5.11. The second-order valence-electron chi connectivity index (χ2n) is 6.59. The molecule has 2 aromatic heterocycles. The molecule has 128 valence electrons. The highest BCUT2D eigenvalue weighted by molar-refractivity contribution is 5.93. The average molecular weight is 329 g/mol. The van der Waals surface area contributed by atoms with Gasteiger partial charge in [-0.15, -0.1) is 0 Å². The molecule has 1 aliphatic rings. The lowest BCUT2D eigenvalue weighted by Gasteiger charge is -2.13. The second-order valence-corrected chi connectivity index (χ2v) is 6.59. The van der Waals surface area contributed by atoms with E-state index in [0.717, 1.165) is 11.7 Å². The molecule has 0 spiro atoms. The van der Waals surface area contributed by atoms with Gasteiger partial charge in [-0.05, 0) is 37.8 Å². The van der Waals surface area contributed by atoms with Gasteiger partial charge >= 0.3 is 0 Å². The Labute approximate surface area is 141 Å². The van der Waals surface area contributed by atoms with E-state index in [1.807, 2.05) is 19.9 Å². The average Bonchev–Trinajstić information content (AvgIpc) is 3.31. The molecule has 1 fully saturated rings. The summed E-state index contributed by atoms with van der Waals surface area (Å²) in [5.41, 5.74) is 0.507. The van der Waals surface area contributed by atoms with Gasteiger partial charge in [0.15, 0.2) is 5.82 Å². The number of anilines is 1. The molecule has 0 radical (unpaired) electrons. The molecule has 1 atom stereocenters. The predicted octanol–water partition coefficient (Wildman–Crippen LogP) is 2.73. The number of amides is 1. The minimum atomic E-state index is -0.208. The van der Waals surface area contributed by atoms with Crippen LogP contribution in [0, 0.1) is 5.92 Å². The quantitative estimate of drug-likeness (QED) is 0.811. The third kappa shape index (κ3) is 4.10. The van der Waals surface area contributed by atoms with Crippen LogP contribution in [-0.4, -0.2) is 27.1 Å². The predicted molar refractivity (Wildman–Crippen MR) is 89.6 cm³/mol. The van der Waals surface area contributed by atoms with Crippen molar-refractivity contribution in [1.82, 2.24) is 20.4 Å². The third-order valence-electron chi connectivity index (χ3n) is 4.12. The number of rotatable bonds is 7. The maximum absolute atomic E-state index is 12.2. The van der Waals surface area contributed by atoms with Crippen LogP contribution in [0.5, 0.6) is 0 Å². The van der Waals surface area contributed by atoms with Gasteiger partial charge in [-0.2, -0.15) is 4.98 Å². The summed E-state index contributed by atoms with van der Waals surface area (Å²) in [6.07, 6.45) is 4.14. The molecule has 0 bridgehead atoms. The van der Waals surface area contributed by atoms with Crippen molar-refractivity contribution in [1.29, 1.82) is 0 Å². The molecule has 7 nitrogen and oxygen atoms in total. The van der Waals surface area contributed by atoms with E-state index < -0.39 is 0 Å². The molecule has 1 amide bonds. The Morgan fingerprint density at radius 1 is 1.33 bits per heavy atom. The second kappa shape index (κ2) is 6.98. The Morgan fingerprint density at radius 2 is 2.12 bits per heavy atom. The lowest BCUT2D eigenvalue weighted by molar-refractivity contribution is 0.0949. The summed E-state index contributed by atoms with van der Waals surface area (Å²) in [5.74, 6) is 2.55. The van der Waals surface area contributed by atoms with Crippen LogP contribution in [0.2, 0.25) is 0 Å². The monoisotopic (exact) mass is 329 g/mol. The maximum atomic E-state index is 12.2. The Balaban J connectivity index is 1.52. The number of carbonyl (C=O) groups excluding carboxylic acids is 1. The first kappa shape index (κ1) is 16.4. The minimum Gasteiger partial charge on any atom is -0.367 e. The Hall–Kier alpha value is -2.44. The summed E-state index contributed by atoms with van der Waals surface area (Å²) >= 11 is 0. The number of aromatic nitrogens is 3. The Kier molecular flexibility index (Phi) is 4.78. The fraction of sp³-hybridized carbons (Fsp3) is 0.529. The van der Waals surface area contributed by atoms with E-state index in [-0.39, 0.29) is 18.4 Å². The number of hydrogen-bond donors (Lipinski definition) is 2. The van der Waals surface area contributed by atoms with Crippen LogP contribution < -0.4 is 10.6 Å². The van der Waals surface area contributed by atoms with E-state index in [0.29, 0.717) is 23.3 Å². The van der Waals surface area contributed by atoms with Gasteiger partial charge in [0.05, 0.1) is 12.1 Å². The van der Waals surface area contributed by atoms with Crippen molar-refractivity contribution in [2.75, 3.05) is 5.32 Å². The zero-order chi connectivity index (χ0) is 17.1. The van der Waals surface area contributed by atoms with Gasteiger partial charge in [-0.3, -0.25) is 4.79 Å². The number of pyridine rings is 1. The van der Waals surface area contributed by atoms with Gasteiger partial charge in [0.2, 0.25) is 5.89 Å². The van der Waals surface area contributed by atoms with Crippen LogP contribution in [0.25, 0.3) is 0 Å². The molecule has 1 aliphatic carbocycles. The standard InChI is InChI=1S/C17H23N5O2/c1-10(2)17-21-15(22-24-17)9-19-16(23)13-6-7-14(18-8-13)20-11(3)12-4-5-12/h6-8,10-12H,4-5,9H2,1-3H3,(H,18,20)(H,19,23)/t11-/m1/s1. The first-order valence-electron chi connectivity index (χ1n) is 8.36. The van der Waals surface area contributed by atoms with E-state index >= 15 is 0 Å². The van der Waals surface area contributed by atoms with Gasteiger partial charge in [0.25, 0.3) is 5.91 Å². The molecule has 0 unspecified atom stereocenters. The van der Waals surface area contributed by atoms with Crippen LogP contribution in [0.1, 0.15) is 61.6 Å². The van der Waals surface area contributed by atoms with E-state index in [1.165, 1.54) is 12.8 Å². The number of nitrogens with one attached hydrogen (secondary N) is 2. The zero-order valence-electron chi connectivity index (χ0n) is 14.2. The summed E-state index contributed by atoms with van der Waals surface area (Å²) in [5, 5.41) is 9.98. The summed E-state index contributed by atoms with van der Waals surface area (Å²) in [6, 6.07) is 4.02. The Morgan fingerprint density at radius 3 is 2.71 bits per heavy atom. The molecule has 3 rings (SSSR count). The fourth-order valence-electron chi connectivity index (χ4n) is 2.40. The minimum absolute atomic E-state index is 0.171. The first-order chi connectivity index (χ1) is 11.5. The van der Waals surface area contributed by atoms with Gasteiger partial charge in [-0.25, -0.2) is 4.98 Å².